The third-order valence-corrected chi connectivity index (χ3v) is 3.39. The molecule has 0 saturated carbocycles. The van der Waals surface area contributed by atoms with Crippen molar-refractivity contribution in [2.24, 2.45) is 0 Å². The van der Waals surface area contributed by atoms with Gasteiger partial charge in [0.25, 0.3) is 0 Å². The third kappa shape index (κ3) is 5.39. The highest BCUT2D eigenvalue weighted by atomic mass is 35.5. The Hall–Kier alpha value is -2.33. The highest BCUT2D eigenvalue weighted by Crippen LogP contribution is 2.18. The van der Waals surface area contributed by atoms with E-state index in [0.29, 0.717) is 5.15 Å². The molecule has 1 heterocycles. The van der Waals surface area contributed by atoms with Crippen LogP contribution in [0.5, 0.6) is 0 Å². The fraction of sp³-hybridized carbons (Fsp3) is 0.263. The Balaban J connectivity index is 2.04. The minimum atomic E-state index is -0.513. The molecule has 1 aromatic heterocycles. The van der Waals surface area contributed by atoms with E-state index in [1.165, 1.54) is 4.90 Å². The van der Waals surface area contributed by atoms with Crippen molar-refractivity contribution in [3.8, 4) is 0 Å². The Morgan fingerprint density at radius 2 is 1.67 bits per heavy atom. The first kappa shape index (κ1) is 18.0. The van der Waals surface area contributed by atoms with Crippen LogP contribution in [0.15, 0.2) is 42.6 Å². The Morgan fingerprint density at radius 3 is 2.21 bits per heavy atom. The van der Waals surface area contributed by atoms with E-state index in [2.05, 4.69) is 4.98 Å². The number of aromatic nitrogens is 1. The number of benzene rings is 1. The van der Waals surface area contributed by atoms with Gasteiger partial charge in [0.1, 0.15) is 10.8 Å². The van der Waals surface area contributed by atoms with Gasteiger partial charge < -0.3 is 4.74 Å². The molecule has 0 N–H and O–H groups in total. The number of halogens is 1. The van der Waals surface area contributed by atoms with E-state index < -0.39 is 5.60 Å². The number of pyridine rings is 1. The molecule has 1 amide bonds. The number of nitrogens with zero attached hydrogens (tertiary/aromatic N) is 2. The van der Waals surface area contributed by atoms with Gasteiger partial charge in [0.15, 0.2) is 0 Å². The van der Waals surface area contributed by atoms with Crippen molar-refractivity contribution in [2.75, 3.05) is 11.9 Å². The monoisotopic (exact) mass is 344 g/mol. The molecule has 0 aliphatic carbocycles. The van der Waals surface area contributed by atoms with Crippen LogP contribution in [0.25, 0.3) is 12.2 Å². The molecule has 126 valence electrons. The standard InChI is InChI=1S/C19H21ClN2O2/c1-19(2,3)24-18(23)22(4)16-10-7-14(8-11-16)5-6-15-9-12-17(20)21-13-15/h5-13H,1-4H3. The van der Waals surface area contributed by atoms with Gasteiger partial charge in [-0.3, -0.25) is 4.90 Å². The SMILES string of the molecule is CN(C(=O)OC(C)(C)C)c1ccc(C=Cc2ccc(Cl)nc2)cc1. The van der Waals surface area contributed by atoms with Crippen molar-refractivity contribution in [1.29, 1.82) is 0 Å². The van der Waals surface area contributed by atoms with Gasteiger partial charge in [0.2, 0.25) is 0 Å². The zero-order valence-electron chi connectivity index (χ0n) is 14.3. The molecule has 0 spiro atoms. The molecular formula is C19H21ClN2O2. The van der Waals surface area contributed by atoms with E-state index >= 15 is 0 Å². The van der Waals surface area contributed by atoms with Crippen molar-refractivity contribution >= 4 is 35.5 Å². The Kier molecular flexibility index (Phi) is 5.62. The maximum Gasteiger partial charge on any atom is 0.414 e. The summed E-state index contributed by atoms with van der Waals surface area (Å²) in [5.74, 6) is 0. The lowest BCUT2D eigenvalue weighted by molar-refractivity contribution is 0.0589. The number of amides is 1. The first-order chi connectivity index (χ1) is 11.2. The van der Waals surface area contributed by atoms with Crippen molar-refractivity contribution in [2.45, 2.75) is 26.4 Å². The van der Waals surface area contributed by atoms with Crippen LogP contribution in [0.1, 0.15) is 31.9 Å². The number of ether oxygens (including phenoxy) is 1. The number of hydrogen-bond acceptors (Lipinski definition) is 3. The van der Waals surface area contributed by atoms with Crippen molar-refractivity contribution in [1.82, 2.24) is 4.98 Å². The summed E-state index contributed by atoms with van der Waals surface area (Å²) in [4.78, 5) is 17.6. The second kappa shape index (κ2) is 7.49. The van der Waals surface area contributed by atoms with Crippen LogP contribution in [-0.2, 0) is 4.74 Å². The van der Waals surface area contributed by atoms with Crippen molar-refractivity contribution < 1.29 is 9.53 Å². The predicted octanol–water partition coefficient (Wildman–Crippen LogP) is 5.28. The molecule has 0 aliphatic rings. The molecule has 24 heavy (non-hydrogen) atoms. The summed E-state index contributed by atoms with van der Waals surface area (Å²) >= 11 is 5.76. The van der Waals surface area contributed by atoms with Gasteiger partial charge in [-0.1, -0.05) is 42.0 Å². The lowest BCUT2D eigenvalue weighted by atomic mass is 10.1. The summed E-state index contributed by atoms with van der Waals surface area (Å²) in [5, 5.41) is 0.474. The predicted molar refractivity (Wildman–Crippen MR) is 99.3 cm³/mol. The maximum absolute atomic E-state index is 12.1. The molecule has 5 heteroatoms. The van der Waals surface area contributed by atoms with Gasteiger partial charge in [-0.25, -0.2) is 9.78 Å². The molecule has 2 aromatic rings. The largest absolute Gasteiger partial charge is 0.443 e. The van der Waals surface area contributed by atoms with E-state index in [1.54, 1.807) is 19.3 Å². The highest BCUT2D eigenvalue weighted by molar-refractivity contribution is 6.29. The molecule has 0 saturated heterocycles. The van der Waals surface area contributed by atoms with E-state index in [9.17, 15) is 4.79 Å². The van der Waals surface area contributed by atoms with E-state index in [0.717, 1.165) is 16.8 Å². The Bertz CT molecular complexity index is 717. The topological polar surface area (TPSA) is 42.4 Å². The molecule has 0 unspecified atom stereocenters. The molecule has 0 bridgehead atoms. The summed E-state index contributed by atoms with van der Waals surface area (Å²) in [6.45, 7) is 5.54. The maximum atomic E-state index is 12.1. The third-order valence-electron chi connectivity index (χ3n) is 3.17. The van der Waals surface area contributed by atoms with E-state index in [4.69, 9.17) is 16.3 Å². The summed E-state index contributed by atoms with van der Waals surface area (Å²) < 4.78 is 5.35. The van der Waals surface area contributed by atoms with Gasteiger partial charge in [0, 0.05) is 18.9 Å². The quantitative estimate of drug-likeness (QED) is 0.712. The molecule has 0 radical (unpaired) electrons. The average Bonchev–Trinajstić information content (AvgIpc) is 2.52. The highest BCUT2D eigenvalue weighted by Gasteiger charge is 2.20. The molecule has 0 aliphatic heterocycles. The normalized spacial score (nSPS) is 11.5. The summed E-state index contributed by atoms with van der Waals surface area (Å²) in [6, 6.07) is 11.3. The fourth-order valence-corrected chi connectivity index (χ4v) is 2.03. The first-order valence-corrected chi connectivity index (χ1v) is 7.99. The van der Waals surface area contributed by atoms with Crippen LogP contribution in [0.3, 0.4) is 0 Å². The van der Waals surface area contributed by atoms with Gasteiger partial charge in [0.05, 0.1) is 0 Å². The van der Waals surface area contributed by atoms with Crippen LogP contribution >= 0.6 is 11.6 Å². The second-order valence-corrected chi connectivity index (χ2v) is 6.77. The van der Waals surface area contributed by atoms with Crippen molar-refractivity contribution in [3.05, 3.63) is 58.9 Å². The first-order valence-electron chi connectivity index (χ1n) is 7.61. The summed E-state index contributed by atoms with van der Waals surface area (Å²) in [5.41, 5.74) is 2.25. The molecule has 4 nitrogen and oxygen atoms in total. The summed E-state index contributed by atoms with van der Waals surface area (Å²) in [6.07, 6.45) is 5.26. The Morgan fingerprint density at radius 1 is 1.08 bits per heavy atom. The molecule has 0 atom stereocenters. The second-order valence-electron chi connectivity index (χ2n) is 6.38. The summed E-state index contributed by atoms with van der Waals surface area (Å²) in [7, 11) is 1.69. The van der Waals surface area contributed by atoms with Crippen LogP contribution < -0.4 is 4.90 Å². The molecule has 0 fully saturated rings. The zero-order valence-corrected chi connectivity index (χ0v) is 15.0. The number of carbonyl (C=O) groups is 1. The number of carbonyl (C=O) groups excluding carboxylic acids is 1. The lowest BCUT2D eigenvalue weighted by Crippen LogP contribution is -2.34. The van der Waals surface area contributed by atoms with Crippen LogP contribution in [0.2, 0.25) is 5.15 Å². The minimum Gasteiger partial charge on any atom is -0.443 e. The Labute approximate surface area is 147 Å². The van der Waals surface area contributed by atoms with Crippen molar-refractivity contribution in [3.63, 3.8) is 0 Å². The number of rotatable bonds is 3. The fourth-order valence-electron chi connectivity index (χ4n) is 1.92. The number of hydrogen-bond donors (Lipinski definition) is 0. The van der Waals surface area contributed by atoms with Crippen LogP contribution in [0.4, 0.5) is 10.5 Å². The van der Waals surface area contributed by atoms with Gasteiger partial charge in [-0.05, 0) is 50.1 Å². The van der Waals surface area contributed by atoms with E-state index in [1.807, 2.05) is 63.3 Å². The smallest absolute Gasteiger partial charge is 0.414 e. The zero-order chi connectivity index (χ0) is 17.7. The average molecular weight is 345 g/mol. The van der Waals surface area contributed by atoms with Gasteiger partial charge >= 0.3 is 6.09 Å². The molecule has 2 rings (SSSR count). The van der Waals surface area contributed by atoms with Crippen LogP contribution in [0, 0.1) is 0 Å². The van der Waals surface area contributed by atoms with Gasteiger partial charge in [-0.15, -0.1) is 0 Å². The minimum absolute atomic E-state index is 0.377. The number of anilines is 1. The van der Waals surface area contributed by atoms with Crippen LogP contribution in [-0.4, -0.2) is 23.7 Å². The van der Waals surface area contributed by atoms with E-state index in [-0.39, 0.29) is 6.09 Å². The molecular weight excluding hydrogens is 324 g/mol. The molecule has 1 aromatic carbocycles. The lowest BCUT2D eigenvalue weighted by Gasteiger charge is -2.24. The van der Waals surface area contributed by atoms with Gasteiger partial charge in [-0.2, -0.15) is 0 Å².